The summed E-state index contributed by atoms with van der Waals surface area (Å²) < 4.78 is 14.8. The van der Waals surface area contributed by atoms with Gasteiger partial charge in [0.25, 0.3) is 23.3 Å². The molecular weight excluding hydrogens is 729 g/mol. The van der Waals surface area contributed by atoms with Crippen molar-refractivity contribution in [3.63, 3.8) is 0 Å². The molecule has 4 amide bonds. The second-order valence-corrected chi connectivity index (χ2v) is 16.1. The number of piperazine rings is 1. The number of amides is 4. The molecule has 2 N–H and O–H groups in total. The molecule has 4 fully saturated rings. The maximum Gasteiger partial charge on any atom is 0.275 e. The Balaban J connectivity index is 0.821. The van der Waals surface area contributed by atoms with E-state index in [0.29, 0.717) is 34.6 Å². The van der Waals surface area contributed by atoms with Crippen molar-refractivity contribution in [1.82, 2.24) is 24.1 Å². The molecule has 57 heavy (non-hydrogen) atoms. The molecule has 15 heteroatoms. The number of methoxy groups -OCH3 is 2. The molecule has 2 saturated heterocycles. The highest BCUT2D eigenvalue weighted by molar-refractivity contribution is 6.19. The standard InChI is InChI=1S/C42H48N8O7/c1-56-35-21-32-26(19-31(35)39(43)52)24-49(44-32)29-7-5-25(6-8-29)22-45-14-16-46(17-15-45)30-18-27-23-48(42(55)38(27)36(20-30)57-2)33-11-12-37(51)50(41(33)54)34-4-3-13-47(40(34)53)28-9-10-28/h3-4,13,18-21,24-25,28-29,33H,5-12,14-17,22-23H2,1-2H3,(H2,43,52). The lowest BCUT2D eigenvalue weighted by atomic mass is 9.85. The van der Waals surface area contributed by atoms with Gasteiger partial charge in [0.05, 0.1) is 36.9 Å². The highest BCUT2D eigenvalue weighted by atomic mass is 16.5. The third-order valence-electron chi connectivity index (χ3n) is 12.7. The van der Waals surface area contributed by atoms with Crippen molar-refractivity contribution in [3.05, 3.63) is 75.8 Å². The summed E-state index contributed by atoms with van der Waals surface area (Å²) in [4.78, 5) is 73.7. The molecule has 3 aliphatic heterocycles. The fourth-order valence-electron chi connectivity index (χ4n) is 9.40. The summed E-state index contributed by atoms with van der Waals surface area (Å²) in [6.07, 6.45) is 10.1. The van der Waals surface area contributed by atoms with E-state index in [-0.39, 0.29) is 42.6 Å². The van der Waals surface area contributed by atoms with E-state index in [4.69, 9.17) is 20.3 Å². The van der Waals surface area contributed by atoms with Gasteiger partial charge in [0.15, 0.2) is 0 Å². The number of hydrogen-bond donors (Lipinski definition) is 1. The van der Waals surface area contributed by atoms with E-state index in [9.17, 15) is 24.0 Å². The van der Waals surface area contributed by atoms with E-state index in [1.807, 2.05) is 23.0 Å². The molecule has 5 heterocycles. The van der Waals surface area contributed by atoms with Crippen LogP contribution in [0.3, 0.4) is 0 Å². The third kappa shape index (κ3) is 6.70. The number of pyridine rings is 1. The number of hydrogen-bond acceptors (Lipinski definition) is 10. The topological polar surface area (TPSA) is 166 Å². The molecule has 0 spiro atoms. The average Bonchev–Trinajstić information content (AvgIpc) is 3.89. The van der Waals surface area contributed by atoms with Gasteiger partial charge in [-0.05, 0) is 80.7 Å². The van der Waals surface area contributed by atoms with Crippen molar-refractivity contribution < 1.29 is 28.7 Å². The maximum atomic E-state index is 14.0. The second-order valence-electron chi connectivity index (χ2n) is 16.1. The molecule has 2 aliphatic carbocycles. The molecule has 4 aromatic rings. The van der Waals surface area contributed by atoms with Crippen LogP contribution in [-0.4, -0.2) is 101 Å². The van der Waals surface area contributed by atoms with Crippen LogP contribution < -0.4 is 30.6 Å². The molecule has 0 bridgehead atoms. The number of piperidine rings is 1. The molecule has 0 radical (unpaired) electrons. The van der Waals surface area contributed by atoms with Gasteiger partial charge in [-0.2, -0.15) is 5.10 Å². The molecule has 1 unspecified atom stereocenters. The minimum absolute atomic E-state index is 0.0482. The number of carbonyl (C=O) groups is 4. The third-order valence-corrected chi connectivity index (χ3v) is 12.7. The lowest BCUT2D eigenvalue weighted by Crippen LogP contribution is -2.56. The quantitative estimate of drug-likeness (QED) is 0.234. The smallest absolute Gasteiger partial charge is 0.275 e. The van der Waals surface area contributed by atoms with Gasteiger partial charge in [0.1, 0.15) is 23.2 Å². The van der Waals surface area contributed by atoms with E-state index < -0.39 is 23.8 Å². The molecule has 2 saturated carbocycles. The van der Waals surface area contributed by atoms with Crippen LogP contribution in [-0.2, 0) is 16.1 Å². The number of ether oxygens (including phenoxy) is 2. The number of rotatable bonds is 10. The maximum absolute atomic E-state index is 14.0. The Hall–Kier alpha value is -5.70. The number of anilines is 2. The second kappa shape index (κ2) is 14.7. The lowest BCUT2D eigenvalue weighted by Gasteiger charge is -2.39. The Bertz CT molecular complexity index is 2330. The van der Waals surface area contributed by atoms with Crippen LogP contribution in [0.15, 0.2) is 53.6 Å². The minimum atomic E-state index is -0.872. The predicted molar refractivity (Wildman–Crippen MR) is 212 cm³/mol. The number of carbonyl (C=O) groups excluding carboxylic acids is 4. The predicted octanol–water partition coefficient (Wildman–Crippen LogP) is 3.88. The summed E-state index contributed by atoms with van der Waals surface area (Å²) in [6, 6.07) is 10.2. The van der Waals surface area contributed by atoms with Gasteiger partial charge < -0.3 is 29.6 Å². The molecular formula is C42H48N8O7. The molecule has 298 valence electrons. The van der Waals surface area contributed by atoms with Crippen LogP contribution in [0.25, 0.3) is 10.9 Å². The van der Waals surface area contributed by atoms with E-state index >= 15 is 0 Å². The van der Waals surface area contributed by atoms with E-state index in [0.717, 1.165) is 98.3 Å². The Labute approximate surface area is 329 Å². The van der Waals surface area contributed by atoms with Crippen molar-refractivity contribution in [2.24, 2.45) is 11.7 Å². The molecule has 2 aromatic carbocycles. The van der Waals surface area contributed by atoms with Gasteiger partial charge in [0, 0.05) is 87.3 Å². The summed E-state index contributed by atoms with van der Waals surface area (Å²) in [5, 5.41) is 5.70. The number of fused-ring (bicyclic) bond motifs is 2. The molecule has 1 atom stereocenters. The van der Waals surface area contributed by atoms with Gasteiger partial charge in [-0.15, -0.1) is 0 Å². The van der Waals surface area contributed by atoms with Crippen molar-refractivity contribution in [1.29, 1.82) is 0 Å². The molecule has 15 nitrogen and oxygen atoms in total. The highest BCUT2D eigenvalue weighted by Gasteiger charge is 2.45. The number of aromatic nitrogens is 3. The Morgan fingerprint density at radius 3 is 2.32 bits per heavy atom. The first-order valence-corrected chi connectivity index (χ1v) is 20.1. The zero-order valence-corrected chi connectivity index (χ0v) is 32.4. The minimum Gasteiger partial charge on any atom is -0.496 e. The van der Waals surface area contributed by atoms with E-state index in [1.54, 1.807) is 41.0 Å². The zero-order chi connectivity index (χ0) is 39.5. The van der Waals surface area contributed by atoms with Crippen LogP contribution in [0.5, 0.6) is 11.5 Å². The van der Waals surface area contributed by atoms with Crippen molar-refractivity contribution in [2.75, 3.05) is 56.7 Å². The fourth-order valence-corrected chi connectivity index (χ4v) is 9.40. The highest BCUT2D eigenvalue weighted by Crippen LogP contribution is 2.40. The Morgan fingerprint density at radius 1 is 0.877 bits per heavy atom. The molecule has 2 aromatic heterocycles. The first-order valence-electron chi connectivity index (χ1n) is 20.1. The number of benzene rings is 2. The average molecular weight is 777 g/mol. The monoisotopic (exact) mass is 776 g/mol. The van der Waals surface area contributed by atoms with Crippen LogP contribution in [0.4, 0.5) is 11.4 Å². The van der Waals surface area contributed by atoms with Crippen LogP contribution in [0, 0.1) is 5.92 Å². The van der Waals surface area contributed by atoms with E-state index in [2.05, 4.69) is 9.80 Å². The Morgan fingerprint density at radius 2 is 1.61 bits per heavy atom. The summed E-state index contributed by atoms with van der Waals surface area (Å²) >= 11 is 0. The first-order chi connectivity index (χ1) is 27.6. The van der Waals surface area contributed by atoms with Crippen LogP contribution in [0.1, 0.15) is 89.7 Å². The van der Waals surface area contributed by atoms with Gasteiger partial charge >= 0.3 is 0 Å². The largest absolute Gasteiger partial charge is 0.496 e. The summed E-state index contributed by atoms with van der Waals surface area (Å²) in [5.41, 5.74) is 8.61. The van der Waals surface area contributed by atoms with Crippen LogP contribution >= 0.6 is 0 Å². The molecule has 9 rings (SSSR count). The number of imide groups is 1. The summed E-state index contributed by atoms with van der Waals surface area (Å²) in [5.74, 6) is -0.285. The number of nitrogens with zero attached hydrogens (tertiary/aromatic N) is 7. The first kappa shape index (κ1) is 36.9. The van der Waals surface area contributed by atoms with Gasteiger partial charge in [-0.3, -0.25) is 33.6 Å². The van der Waals surface area contributed by atoms with Crippen molar-refractivity contribution in [3.8, 4) is 11.5 Å². The zero-order valence-electron chi connectivity index (χ0n) is 32.4. The van der Waals surface area contributed by atoms with Gasteiger partial charge in [-0.1, -0.05) is 0 Å². The summed E-state index contributed by atoms with van der Waals surface area (Å²) in [6.45, 7) is 4.77. The summed E-state index contributed by atoms with van der Waals surface area (Å²) in [7, 11) is 3.08. The number of nitrogens with two attached hydrogens (primary N) is 1. The molecule has 5 aliphatic rings. The number of primary amides is 1. The fraction of sp³-hybridized carbons (Fsp3) is 0.476. The van der Waals surface area contributed by atoms with Gasteiger partial charge in [-0.25, -0.2) is 4.90 Å². The Kier molecular flexibility index (Phi) is 9.50. The SMILES string of the molecule is COc1cc2nn(C3CCC(CN4CCN(c5cc6c(c(OC)c5)C(=O)N(C5CCC(=O)N(c7cccn(C8CC8)c7=O)C5=O)C6)CC4)CC3)cc2cc1C(N)=O. The normalized spacial score (nSPS) is 23.0. The van der Waals surface area contributed by atoms with Crippen molar-refractivity contribution in [2.45, 2.75) is 76.0 Å². The van der Waals surface area contributed by atoms with E-state index in [1.165, 1.54) is 13.2 Å². The van der Waals surface area contributed by atoms with Gasteiger partial charge in [0.2, 0.25) is 5.91 Å². The van der Waals surface area contributed by atoms with Crippen molar-refractivity contribution >= 4 is 45.9 Å². The lowest BCUT2D eigenvalue weighted by molar-refractivity contribution is -0.132. The van der Waals surface area contributed by atoms with Crippen LogP contribution in [0.2, 0.25) is 0 Å².